The van der Waals surface area contributed by atoms with Crippen LogP contribution < -0.4 is 5.32 Å². The summed E-state index contributed by atoms with van der Waals surface area (Å²) in [5.74, 6) is -0.586. The van der Waals surface area contributed by atoms with E-state index in [0.29, 0.717) is 5.56 Å². The van der Waals surface area contributed by atoms with Gasteiger partial charge in [-0.25, -0.2) is 0 Å². The van der Waals surface area contributed by atoms with Crippen molar-refractivity contribution in [2.75, 3.05) is 5.32 Å². The van der Waals surface area contributed by atoms with Crippen molar-refractivity contribution >= 4 is 17.4 Å². The average Bonchev–Trinajstić information content (AvgIpc) is 2.54. The maximum absolute atomic E-state index is 12.4. The lowest BCUT2D eigenvalue weighted by Gasteiger charge is -2.19. The number of amides is 1. The first-order valence-corrected chi connectivity index (χ1v) is 7.95. The summed E-state index contributed by atoms with van der Waals surface area (Å²) in [6.45, 7) is 8.31. The Balaban J connectivity index is 2.35. The van der Waals surface area contributed by atoms with Crippen molar-refractivity contribution < 1.29 is 9.59 Å². The Kier molecular flexibility index (Phi) is 5.32. The van der Waals surface area contributed by atoms with Gasteiger partial charge in [0.1, 0.15) is 0 Å². The van der Waals surface area contributed by atoms with Gasteiger partial charge in [0.2, 0.25) is 0 Å². The summed E-state index contributed by atoms with van der Waals surface area (Å²) >= 11 is 0. The summed E-state index contributed by atoms with van der Waals surface area (Å²) in [7, 11) is 0. The fourth-order valence-corrected chi connectivity index (χ4v) is 2.59. The van der Waals surface area contributed by atoms with Gasteiger partial charge >= 0.3 is 0 Å². The number of ketones is 1. The van der Waals surface area contributed by atoms with E-state index in [1.807, 2.05) is 24.3 Å². The number of anilines is 1. The third kappa shape index (κ3) is 3.86. The molecule has 0 heterocycles. The minimum atomic E-state index is -0.591. The number of carbonyl (C=O) groups excluding carboxylic acids is 2. The molecule has 0 aromatic heterocycles. The fraction of sp³-hybridized carbons (Fsp3) is 0.300. The molecule has 0 atom stereocenters. The van der Waals surface area contributed by atoms with E-state index in [4.69, 9.17) is 0 Å². The van der Waals surface area contributed by atoms with E-state index in [1.54, 1.807) is 24.3 Å². The molecule has 0 saturated heterocycles. The Morgan fingerprint density at radius 1 is 0.783 bits per heavy atom. The van der Waals surface area contributed by atoms with Crippen LogP contribution in [0.15, 0.2) is 48.5 Å². The van der Waals surface area contributed by atoms with Crippen molar-refractivity contribution in [1.82, 2.24) is 0 Å². The SMILES string of the molecule is CC(C)c1cccc(C(C)C)c1NC(=O)C(=O)c1ccccc1. The van der Waals surface area contributed by atoms with E-state index in [0.717, 1.165) is 16.8 Å². The number of nitrogens with one attached hydrogen (secondary N) is 1. The minimum absolute atomic E-state index is 0.260. The van der Waals surface area contributed by atoms with Crippen LogP contribution >= 0.6 is 0 Å². The molecule has 1 amide bonds. The lowest BCUT2D eigenvalue weighted by Crippen LogP contribution is -2.24. The molecule has 3 nitrogen and oxygen atoms in total. The van der Waals surface area contributed by atoms with Gasteiger partial charge in [-0.2, -0.15) is 0 Å². The molecule has 2 aromatic carbocycles. The summed E-state index contributed by atoms with van der Waals surface area (Å²) < 4.78 is 0. The number of benzene rings is 2. The lowest BCUT2D eigenvalue weighted by atomic mass is 9.92. The third-order valence-corrected chi connectivity index (χ3v) is 3.85. The molecule has 0 unspecified atom stereocenters. The molecule has 0 bridgehead atoms. The van der Waals surface area contributed by atoms with Gasteiger partial charge in [-0.05, 0) is 23.0 Å². The Bertz CT molecular complexity index is 677. The van der Waals surface area contributed by atoms with Crippen LogP contribution in [-0.4, -0.2) is 11.7 Å². The van der Waals surface area contributed by atoms with Crippen LogP contribution in [0.4, 0.5) is 5.69 Å². The second kappa shape index (κ2) is 7.23. The Labute approximate surface area is 137 Å². The number of hydrogen-bond acceptors (Lipinski definition) is 2. The topological polar surface area (TPSA) is 46.2 Å². The van der Waals surface area contributed by atoms with Gasteiger partial charge < -0.3 is 5.32 Å². The van der Waals surface area contributed by atoms with Gasteiger partial charge in [0.15, 0.2) is 0 Å². The fourth-order valence-electron chi connectivity index (χ4n) is 2.59. The van der Waals surface area contributed by atoms with Gasteiger partial charge in [-0.3, -0.25) is 9.59 Å². The molecule has 0 saturated carbocycles. The van der Waals surface area contributed by atoms with Crippen molar-refractivity contribution in [3.63, 3.8) is 0 Å². The molecule has 2 aromatic rings. The van der Waals surface area contributed by atoms with Crippen molar-refractivity contribution in [3.8, 4) is 0 Å². The summed E-state index contributed by atoms with van der Waals surface area (Å²) in [5, 5.41) is 2.85. The lowest BCUT2D eigenvalue weighted by molar-refractivity contribution is -0.112. The smallest absolute Gasteiger partial charge is 0.296 e. The number of carbonyl (C=O) groups is 2. The van der Waals surface area contributed by atoms with E-state index in [1.165, 1.54) is 0 Å². The standard InChI is InChI=1S/C20H23NO2/c1-13(2)16-11-8-12-17(14(3)4)18(16)21-20(23)19(22)15-9-6-5-7-10-15/h5-14H,1-4H3,(H,21,23). The van der Waals surface area contributed by atoms with Crippen LogP contribution in [0.25, 0.3) is 0 Å². The molecule has 0 aliphatic heterocycles. The highest BCUT2D eigenvalue weighted by molar-refractivity contribution is 6.46. The molecule has 3 heteroatoms. The molecule has 0 radical (unpaired) electrons. The van der Waals surface area contributed by atoms with E-state index < -0.39 is 11.7 Å². The van der Waals surface area contributed by atoms with E-state index in [9.17, 15) is 9.59 Å². The zero-order valence-corrected chi connectivity index (χ0v) is 14.1. The zero-order valence-electron chi connectivity index (χ0n) is 14.1. The van der Waals surface area contributed by atoms with Crippen LogP contribution in [0.5, 0.6) is 0 Å². The highest BCUT2D eigenvalue weighted by atomic mass is 16.2. The summed E-state index contributed by atoms with van der Waals surface area (Å²) in [5.41, 5.74) is 3.26. The van der Waals surface area contributed by atoms with Crippen LogP contribution in [0.2, 0.25) is 0 Å². The van der Waals surface area contributed by atoms with Gasteiger partial charge in [0.05, 0.1) is 0 Å². The Morgan fingerprint density at radius 3 is 1.78 bits per heavy atom. The first kappa shape index (κ1) is 16.9. The van der Waals surface area contributed by atoms with Crippen molar-refractivity contribution in [3.05, 3.63) is 65.2 Å². The molecular formula is C20H23NO2. The molecular weight excluding hydrogens is 286 g/mol. The summed E-state index contributed by atoms with van der Waals surface area (Å²) in [4.78, 5) is 24.7. The first-order valence-electron chi connectivity index (χ1n) is 7.95. The van der Waals surface area contributed by atoms with Gasteiger partial charge in [0.25, 0.3) is 11.7 Å². The van der Waals surface area contributed by atoms with Gasteiger partial charge in [-0.1, -0.05) is 76.2 Å². The molecule has 0 aliphatic carbocycles. The van der Waals surface area contributed by atoms with Crippen LogP contribution in [0.3, 0.4) is 0 Å². The molecule has 0 aliphatic rings. The van der Waals surface area contributed by atoms with Crippen LogP contribution in [0.1, 0.15) is 61.0 Å². The maximum Gasteiger partial charge on any atom is 0.296 e. The average molecular weight is 309 g/mol. The second-order valence-electron chi connectivity index (χ2n) is 6.27. The largest absolute Gasteiger partial charge is 0.319 e. The summed E-state index contributed by atoms with van der Waals surface area (Å²) in [6, 6.07) is 14.6. The quantitative estimate of drug-likeness (QED) is 0.639. The van der Waals surface area contributed by atoms with E-state index in [-0.39, 0.29) is 11.8 Å². The van der Waals surface area contributed by atoms with E-state index in [2.05, 4.69) is 33.0 Å². The second-order valence-corrected chi connectivity index (χ2v) is 6.27. The van der Waals surface area contributed by atoms with Gasteiger partial charge in [-0.15, -0.1) is 0 Å². The predicted molar refractivity (Wildman–Crippen MR) is 94.0 cm³/mol. The Hall–Kier alpha value is -2.42. The maximum atomic E-state index is 12.4. The van der Waals surface area contributed by atoms with Crippen molar-refractivity contribution in [1.29, 1.82) is 0 Å². The number of rotatable bonds is 5. The third-order valence-electron chi connectivity index (χ3n) is 3.85. The summed E-state index contributed by atoms with van der Waals surface area (Å²) in [6.07, 6.45) is 0. The minimum Gasteiger partial charge on any atom is -0.319 e. The molecule has 0 fully saturated rings. The molecule has 1 N–H and O–H groups in total. The number of Topliss-reactive ketones (excluding diaryl/α,β-unsaturated/α-hetero) is 1. The Morgan fingerprint density at radius 2 is 1.30 bits per heavy atom. The number of hydrogen-bond donors (Lipinski definition) is 1. The highest BCUT2D eigenvalue weighted by Gasteiger charge is 2.20. The van der Waals surface area contributed by atoms with Crippen LogP contribution in [-0.2, 0) is 4.79 Å². The van der Waals surface area contributed by atoms with Gasteiger partial charge in [0, 0.05) is 11.3 Å². The number of para-hydroxylation sites is 1. The molecule has 0 spiro atoms. The normalized spacial score (nSPS) is 10.9. The molecule has 120 valence electrons. The van der Waals surface area contributed by atoms with E-state index >= 15 is 0 Å². The highest BCUT2D eigenvalue weighted by Crippen LogP contribution is 2.32. The molecule has 23 heavy (non-hydrogen) atoms. The van der Waals surface area contributed by atoms with Crippen molar-refractivity contribution in [2.24, 2.45) is 0 Å². The molecule has 2 rings (SSSR count). The zero-order chi connectivity index (χ0) is 17.0. The predicted octanol–water partition coefficient (Wildman–Crippen LogP) is 4.75. The first-order chi connectivity index (χ1) is 10.9. The van der Waals surface area contributed by atoms with Crippen molar-refractivity contribution in [2.45, 2.75) is 39.5 Å². The monoisotopic (exact) mass is 309 g/mol. The van der Waals surface area contributed by atoms with Crippen LogP contribution in [0, 0.1) is 0 Å².